The Kier molecular flexibility index (Phi) is 4.58. The predicted molar refractivity (Wildman–Crippen MR) is 108 cm³/mol. The molecule has 0 fully saturated rings. The van der Waals surface area contributed by atoms with Crippen LogP contribution in [0.4, 0.5) is 0 Å². The number of nitrogens with two attached hydrogens (primary N) is 1. The van der Waals surface area contributed by atoms with E-state index in [2.05, 4.69) is 15.0 Å². The van der Waals surface area contributed by atoms with Gasteiger partial charge in [0.05, 0.1) is 10.7 Å². The lowest BCUT2D eigenvalue weighted by molar-refractivity contribution is 0.0997. The molecule has 140 valence electrons. The van der Waals surface area contributed by atoms with Crippen LogP contribution in [0.3, 0.4) is 0 Å². The van der Waals surface area contributed by atoms with Gasteiger partial charge in [-0.3, -0.25) is 4.79 Å². The molecule has 0 saturated carbocycles. The first-order valence-corrected chi connectivity index (χ1v) is 9.02. The number of rotatable bonds is 3. The highest BCUT2D eigenvalue weighted by Crippen LogP contribution is 2.30. The van der Waals surface area contributed by atoms with Gasteiger partial charge in [0.15, 0.2) is 17.2 Å². The molecule has 0 aliphatic rings. The Balaban J connectivity index is 2.06. The van der Waals surface area contributed by atoms with E-state index < -0.39 is 11.6 Å². The number of halogens is 3. The second-order valence-corrected chi connectivity index (χ2v) is 7.10. The Morgan fingerprint density at radius 1 is 1.00 bits per heavy atom. The second kappa shape index (κ2) is 6.94. The molecule has 0 radical (unpaired) electrons. The summed E-state index contributed by atoms with van der Waals surface area (Å²) in [7, 11) is 0. The predicted octanol–water partition coefficient (Wildman–Crippen LogP) is 3.83. The van der Waals surface area contributed by atoms with Crippen LogP contribution >= 0.6 is 34.8 Å². The van der Waals surface area contributed by atoms with Crippen molar-refractivity contribution in [3.05, 3.63) is 73.7 Å². The third-order valence-electron chi connectivity index (χ3n) is 4.03. The number of aromatic amines is 1. The van der Waals surface area contributed by atoms with E-state index in [1.54, 1.807) is 36.4 Å². The summed E-state index contributed by atoms with van der Waals surface area (Å²) in [5, 5.41) is 1.24. The third-order valence-corrected chi connectivity index (χ3v) is 4.83. The number of carbonyl (C=O) groups is 1. The molecule has 2 aromatic carbocycles. The van der Waals surface area contributed by atoms with E-state index in [1.165, 1.54) is 10.6 Å². The van der Waals surface area contributed by atoms with Crippen molar-refractivity contribution in [1.82, 2.24) is 19.5 Å². The van der Waals surface area contributed by atoms with Crippen LogP contribution in [0.15, 0.2) is 47.3 Å². The number of nitrogens with zero attached hydrogens (tertiary/aromatic N) is 3. The summed E-state index contributed by atoms with van der Waals surface area (Å²) in [6.07, 6.45) is 0. The Morgan fingerprint density at radius 2 is 1.68 bits per heavy atom. The van der Waals surface area contributed by atoms with Gasteiger partial charge in [0.2, 0.25) is 0 Å². The van der Waals surface area contributed by atoms with Gasteiger partial charge in [0.25, 0.3) is 5.91 Å². The summed E-state index contributed by atoms with van der Waals surface area (Å²) in [6.45, 7) is 0. The van der Waals surface area contributed by atoms with E-state index in [0.717, 1.165) is 0 Å². The van der Waals surface area contributed by atoms with Crippen LogP contribution in [0.25, 0.3) is 28.2 Å². The zero-order chi connectivity index (χ0) is 20.0. The summed E-state index contributed by atoms with van der Waals surface area (Å²) in [5.41, 5.74) is 6.08. The number of primary amides is 1. The minimum absolute atomic E-state index is 0.126. The molecule has 28 heavy (non-hydrogen) atoms. The van der Waals surface area contributed by atoms with Crippen molar-refractivity contribution in [2.45, 2.75) is 0 Å². The number of benzene rings is 2. The molecule has 0 spiro atoms. The fourth-order valence-corrected chi connectivity index (χ4v) is 3.40. The Hall–Kier alpha value is -2.87. The standard InChI is InChI=1S/C18H10Cl3N5O2/c19-8-1-4-10(5-2-8)26-17-14(24-18(26)28)13(15(22)27)23-16(25-17)11-6-3-9(20)7-12(11)21/h1-7H,(H2,22,27)(H,24,28). The monoisotopic (exact) mass is 433 g/mol. The van der Waals surface area contributed by atoms with E-state index in [4.69, 9.17) is 40.5 Å². The molecule has 0 aliphatic heterocycles. The lowest BCUT2D eigenvalue weighted by Crippen LogP contribution is -2.15. The lowest BCUT2D eigenvalue weighted by atomic mass is 10.2. The SMILES string of the molecule is NC(=O)c1nc(-c2ccc(Cl)cc2Cl)nc2c1[nH]c(=O)n2-c1ccc(Cl)cc1. The highest BCUT2D eigenvalue weighted by Gasteiger charge is 2.21. The molecule has 3 N–H and O–H groups in total. The summed E-state index contributed by atoms with van der Waals surface area (Å²) in [6, 6.07) is 11.3. The van der Waals surface area contributed by atoms with Gasteiger partial charge in [-0.15, -0.1) is 0 Å². The van der Waals surface area contributed by atoms with Crippen LogP contribution < -0.4 is 11.4 Å². The van der Waals surface area contributed by atoms with Crippen LogP contribution in [0.1, 0.15) is 10.5 Å². The number of carbonyl (C=O) groups excluding carboxylic acids is 1. The zero-order valence-corrected chi connectivity index (χ0v) is 16.2. The number of hydrogen-bond donors (Lipinski definition) is 2. The maximum absolute atomic E-state index is 12.6. The average Bonchev–Trinajstić information content (AvgIpc) is 2.97. The van der Waals surface area contributed by atoms with E-state index in [9.17, 15) is 9.59 Å². The first kappa shape index (κ1) is 18.5. The highest BCUT2D eigenvalue weighted by atomic mass is 35.5. The molecular weight excluding hydrogens is 425 g/mol. The van der Waals surface area contributed by atoms with Gasteiger partial charge in [-0.25, -0.2) is 19.3 Å². The number of amides is 1. The molecule has 1 amide bonds. The van der Waals surface area contributed by atoms with Crippen molar-refractivity contribution in [2.24, 2.45) is 5.73 Å². The topological polar surface area (TPSA) is 107 Å². The molecule has 0 aliphatic carbocycles. The van der Waals surface area contributed by atoms with Crippen LogP contribution in [-0.4, -0.2) is 25.4 Å². The average molecular weight is 435 g/mol. The second-order valence-electron chi connectivity index (χ2n) is 5.82. The molecule has 0 atom stereocenters. The molecule has 4 rings (SSSR count). The molecule has 2 heterocycles. The van der Waals surface area contributed by atoms with E-state index in [1.807, 2.05) is 0 Å². The molecule has 0 unspecified atom stereocenters. The van der Waals surface area contributed by atoms with Crippen LogP contribution in [-0.2, 0) is 0 Å². The number of imidazole rings is 1. The first-order chi connectivity index (χ1) is 13.3. The normalized spacial score (nSPS) is 11.1. The molecular formula is C18H10Cl3N5O2. The number of hydrogen-bond acceptors (Lipinski definition) is 4. The Labute approximate surface area is 172 Å². The van der Waals surface area contributed by atoms with Crippen molar-refractivity contribution in [3.8, 4) is 17.1 Å². The number of nitrogens with one attached hydrogen (secondary N) is 1. The quantitative estimate of drug-likeness (QED) is 0.511. The summed E-state index contributed by atoms with van der Waals surface area (Å²) < 4.78 is 1.30. The van der Waals surface area contributed by atoms with Crippen molar-refractivity contribution in [3.63, 3.8) is 0 Å². The third kappa shape index (κ3) is 3.13. The smallest absolute Gasteiger partial charge is 0.332 e. The largest absolute Gasteiger partial charge is 0.364 e. The Bertz CT molecular complexity index is 1300. The first-order valence-electron chi connectivity index (χ1n) is 7.89. The minimum Gasteiger partial charge on any atom is -0.364 e. The van der Waals surface area contributed by atoms with Gasteiger partial charge in [0.1, 0.15) is 5.52 Å². The van der Waals surface area contributed by atoms with E-state index >= 15 is 0 Å². The van der Waals surface area contributed by atoms with Gasteiger partial charge >= 0.3 is 5.69 Å². The maximum atomic E-state index is 12.6. The number of fused-ring (bicyclic) bond motifs is 1. The zero-order valence-electron chi connectivity index (χ0n) is 13.9. The van der Waals surface area contributed by atoms with Crippen molar-refractivity contribution in [1.29, 1.82) is 0 Å². The molecule has 0 saturated heterocycles. The van der Waals surface area contributed by atoms with Gasteiger partial charge in [0, 0.05) is 15.6 Å². The van der Waals surface area contributed by atoms with Crippen molar-refractivity contribution < 1.29 is 4.79 Å². The van der Waals surface area contributed by atoms with Crippen molar-refractivity contribution in [2.75, 3.05) is 0 Å². The number of H-pyrrole nitrogens is 1. The van der Waals surface area contributed by atoms with Gasteiger partial charge < -0.3 is 10.7 Å². The van der Waals surface area contributed by atoms with Crippen LogP contribution in [0.5, 0.6) is 0 Å². The minimum atomic E-state index is -0.816. The van der Waals surface area contributed by atoms with Gasteiger partial charge in [-0.2, -0.15) is 0 Å². The number of aromatic nitrogens is 4. The van der Waals surface area contributed by atoms with Crippen LogP contribution in [0, 0.1) is 0 Å². The summed E-state index contributed by atoms with van der Waals surface area (Å²) in [5.74, 6) is -0.687. The molecule has 0 bridgehead atoms. The molecule has 7 nitrogen and oxygen atoms in total. The van der Waals surface area contributed by atoms with Crippen molar-refractivity contribution >= 4 is 51.9 Å². The fourth-order valence-electron chi connectivity index (χ4n) is 2.78. The fraction of sp³-hybridized carbons (Fsp3) is 0. The molecule has 2 aromatic heterocycles. The molecule has 10 heteroatoms. The van der Waals surface area contributed by atoms with E-state index in [0.29, 0.717) is 21.3 Å². The summed E-state index contributed by atoms with van der Waals surface area (Å²) in [4.78, 5) is 35.8. The molecule has 4 aromatic rings. The maximum Gasteiger partial charge on any atom is 0.332 e. The van der Waals surface area contributed by atoms with Gasteiger partial charge in [-0.1, -0.05) is 34.8 Å². The van der Waals surface area contributed by atoms with Crippen LogP contribution in [0.2, 0.25) is 15.1 Å². The highest BCUT2D eigenvalue weighted by molar-refractivity contribution is 6.36. The summed E-state index contributed by atoms with van der Waals surface area (Å²) >= 11 is 18.1. The van der Waals surface area contributed by atoms with E-state index in [-0.39, 0.29) is 27.7 Å². The lowest BCUT2D eigenvalue weighted by Gasteiger charge is -2.08. The van der Waals surface area contributed by atoms with Gasteiger partial charge in [-0.05, 0) is 42.5 Å². The Morgan fingerprint density at radius 3 is 2.32 bits per heavy atom.